The van der Waals surface area contributed by atoms with Crippen LogP contribution in [0.25, 0.3) is 0 Å². The SMILES string of the molecule is CCN(CC)CCNC(=O)Nc1ccc(C)c(NC(C)=O)c1. The van der Waals surface area contributed by atoms with E-state index in [1.165, 1.54) is 6.92 Å². The molecule has 0 spiro atoms. The quantitative estimate of drug-likeness (QED) is 0.724. The highest BCUT2D eigenvalue weighted by Crippen LogP contribution is 2.20. The summed E-state index contributed by atoms with van der Waals surface area (Å²) < 4.78 is 0. The second-order valence-corrected chi connectivity index (χ2v) is 5.12. The molecule has 0 saturated heterocycles. The van der Waals surface area contributed by atoms with E-state index in [1.54, 1.807) is 6.07 Å². The number of aryl methyl sites for hydroxylation is 1. The lowest BCUT2D eigenvalue weighted by Crippen LogP contribution is -2.36. The van der Waals surface area contributed by atoms with E-state index in [2.05, 4.69) is 34.7 Å². The van der Waals surface area contributed by atoms with Crippen LogP contribution in [-0.2, 0) is 4.79 Å². The van der Waals surface area contributed by atoms with Crippen molar-refractivity contribution in [2.75, 3.05) is 36.8 Å². The van der Waals surface area contributed by atoms with E-state index in [4.69, 9.17) is 0 Å². The van der Waals surface area contributed by atoms with Gasteiger partial charge in [0.15, 0.2) is 0 Å². The van der Waals surface area contributed by atoms with Crippen LogP contribution in [0.3, 0.4) is 0 Å². The molecule has 3 amide bonds. The number of carbonyl (C=O) groups excluding carboxylic acids is 2. The van der Waals surface area contributed by atoms with Crippen LogP contribution in [0.1, 0.15) is 26.3 Å². The van der Waals surface area contributed by atoms with Crippen molar-refractivity contribution in [2.24, 2.45) is 0 Å². The number of hydrogen-bond donors (Lipinski definition) is 3. The summed E-state index contributed by atoms with van der Waals surface area (Å²) in [6.07, 6.45) is 0. The molecular weight excluding hydrogens is 280 g/mol. The van der Waals surface area contributed by atoms with Gasteiger partial charge in [-0.1, -0.05) is 19.9 Å². The van der Waals surface area contributed by atoms with E-state index in [0.29, 0.717) is 17.9 Å². The van der Waals surface area contributed by atoms with Crippen LogP contribution in [-0.4, -0.2) is 43.0 Å². The normalized spacial score (nSPS) is 10.4. The lowest BCUT2D eigenvalue weighted by molar-refractivity contribution is -0.114. The van der Waals surface area contributed by atoms with Gasteiger partial charge in [0.25, 0.3) is 0 Å². The highest BCUT2D eigenvalue weighted by atomic mass is 16.2. The van der Waals surface area contributed by atoms with Crippen molar-refractivity contribution in [3.05, 3.63) is 23.8 Å². The molecule has 6 nitrogen and oxygen atoms in total. The van der Waals surface area contributed by atoms with Crippen molar-refractivity contribution in [3.63, 3.8) is 0 Å². The molecule has 0 fully saturated rings. The molecule has 0 bridgehead atoms. The fourth-order valence-electron chi connectivity index (χ4n) is 2.07. The molecule has 6 heteroatoms. The highest BCUT2D eigenvalue weighted by Gasteiger charge is 2.06. The van der Waals surface area contributed by atoms with E-state index in [0.717, 1.165) is 25.2 Å². The summed E-state index contributed by atoms with van der Waals surface area (Å²) in [7, 11) is 0. The Balaban J connectivity index is 2.52. The number of benzene rings is 1. The molecule has 0 aromatic heterocycles. The van der Waals surface area contributed by atoms with Gasteiger partial charge in [-0.3, -0.25) is 4.79 Å². The van der Waals surface area contributed by atoms with Gasteiger partial charge in [-0.05, 0) is 37.7 Å². The number of likely N-dealkylation sites (N-methyl/N-ethyl adjacent to an activating group) is 1. The molecule has 22 heavy (non-hydrogen) atoms. The number of nitrogens with zero attached hydrogens (tertiary/aromatic N) is 1. The van der Waals surface area contributed by atoms with E-state index >= 15 is 0 Å². The van der Waals surface area contributed by atoms with Crippen LogP contribution in [0.2, 0.25) is 0 Å². The Morgan fingerprint density at radius 3 is 2.41 bits per heavy atom. The molecule has 1 aromatic rings. The Hall–Kier alpha value is -2.08. The topological polar surface area (TPSA) is 73.5 Å². The maximum absolute atomic E-state index is 11.9. The predicted octanol–water partition coefficient (Wildman–Crippen LogP) is 2.42. The Kier molecular flexibility index (Phi) is 7.39. The Morgan fingerprint density at radius 1 is 1.14 bits per heavy atom. The molecule has 0 aliphatic heterocycles. The van der Waals surface area contributed by atoms with Crippen LogP contribution in [0.4, 0.5) is 16.2 Å². The monoisotopic (exact) mass is 306 g/mol. The average Bonchev–Trinajstić information content (AvgIpc) is 2.46. The molecule has 0 unspecified atom stereocenters. The van der Waals surface area contributed by atoms with Gasteiger partial charge < -0.3 is 20.9 Å². The van der Waals surface area contributed by atoms with Crippen molar-refractivity contribution >= 4 is 23.3 Å². The van der Waals surface area contributed by atoms with Gasteiger partial charge in [-0.15, -0.1) is 0 Å². The standard InChI is InChI=1S/C16H26N4O2/c1-5-20(6-2)10-9-17-16(22)19-14-8-7-12(3)15(11-14)18-13(4)21/h7-8,11H,5-6,9-10H2,1-4H3,(H,18,21)(H2,17,19,22). The smallest absolute Gasteiger partial charge is 0.319 e. The minimum atomic E-state index is -0.246. The molecule has 0 saturated carbocycles. The summed E-state index contributed by atoms with van der Waals surface area (Å²) in [5.74, 6) is -0.135. The maximum atomic E-state index is 11.9. The number of rotatable bonds is 7. The second kappa shape index (κ2) is 9.04. The highest BCUT2D eigenvalue weighted by molar-refractivity contribution is 5.93. The van der Waals surface area contributed by atoms with Gasteiger partial charge in [0.2, 0.25) is 5.91 Å². The van der Waals surface area contributed by atoms with Gasteiger partial charge >= 0.3 is 6.03 Å². The van der Waals surface area contributed by atoms with Gasteiger partial charge in [-0.25, -0.2) is 4.79 Å². The zero-order valence-electron chi connectivity index (χ0n) is 13.8. The molecule has 0 atom stereocenters. The summed E-state index contributed by atoms with van der Waals surface area (Å²) in [6.45, 7) is 10.9. The fraction of sp³-hybridized carbons (Fsp3) is 0.500. The van der Waals surface area contributed by atoms with Crippen molar-refractivity contribution < 1.29 is 9.59 Å². The van der Waals surface area contributed by atoms with Crippen LogP contribution < -0.4 is 16.0 Å². The maximum Gasteiger partial charge on any atom is 0.319 e. The van der Waals surface area contributed by atoms with E-state index in [1.807, 2.05) is 19.1 Å². The molecule has 0 heterocycles. The number of urea groups is 1. The molecule has 0 aliphatic carbocycles. The Labute approximate surface area is 132 Å². The van der Waals surface area contributed by atoms with Crippen LogP contribution in [0.5, 0.6) is 0 Å². The number of carbonyl (C=O) groups is 2. The minimum Gasteiger partial charge on any atom is -0.337 e. The minimum absolute atomic E-state index is 0.135. The number of nitrogens with one attached hydrogen (secondary N) is 3. The molecule has 1 aromatic carbocycles. The van der Waals surface area contributed by atoms with Crippen molar-refractivity contribution in [1.82, 2.24) is 10.2 Å². The first-order chi connectivity index (χ1) is 10.5. The molecule has 0 radical (unpaired) electrons. The third-order valence-corrected chi connectivity index (χ3v) is 3.41. The predicted molar refractivity (Wildman–Crippen MR) is 90.3 cm³/mol. The molecule has 1 rings (SSSR count). The van der Waals surface area contributed by atoms with Crippen molar-refractivity contribution in [1.29, 1.82) is 0 Å². The molecule has 122 valence electrons. The summed E-state index contributed by atoms with van der Waals surface area (Å²) in [4.78, 5) is 25.2. The van der Waals surface area contributed by atoms with Crippen LogP contribution >= 0.6 is 0 Å². The molecule has 0 aliphatic rings. The zero-order chi connectivity index (χ0) is 16.5. The third kappa shape index (κ3) is 6.13. The Morgan fingerprint density at radius 2 is 1.82 bits per heavy atom. The first-order valence-electron chi connectivity index (χ1n) is 7.61. The third-order valence-electron chi connectivity index (χ3n) is 3.41. The summed E-state index contributed by atoms with van der Waals surface area (Å²) >= 11 is 0. The average molecular weight is 306 g/mol. The molecular formula is C16H26N4O2. The van der Waals surface area contributed by atoms with Gasteiger partial charge in [0, 0.05) is 31.4 Å². The summed E-state index contributed by atoms with van der Waals surface area (Å²) in [6, 6.07) is 5.17. The zero-order valence-corrected chi connectivity index (χ0v) is 13.8. The molecule has 3 N–H and O–H groups in total. The largest absolute Gasteiger partial charge is 0.337 e. The number of anilines is 2. The first-order valence-corrected chi connectivity index (χ1v) is 7.61. The van der Waals surface area contributed by atoms with Gasteiger partial charge in [0.1, 0.15) is 0 Å². The van der Waals surface area contributed by atoms with Gasteiger partial charge in [-0.2, -0.15) is 0 Å². The summed E-state index contributed by atoms with van der Waals surface area (Å²) in [5, 5.41) is 8.34. The van der Waals surface area contributed by atoms with Crippen molar-refractivity contribution in [3.8, 4) is 0 Å². The first kappa shape index (κ1) is 18.0. The Bertz CT molecular complexity index is 513. The number of hydrogen-bond acceptors (Lipinski definition) is 3. The van der Waals surface area contributed by atoms with E-state index < -0.39 is 0 Å². The lowest BCUT2D eigenvalue weighted by Gasteiger charge is -2.18. The van der Waals surface area contributed by atoms with Crippen LogP contribution in [0, 0.1) is 6.92 Å². The summed E-state index contributed by atoms with van der Waals surface area (Å²) in [5.41, 5.74) is 2.30. The second-order valence-electron chi connectivity index (χ2n) is 5.12. The van der Waals surface area contributed by atoms with Crippen molar-refractivity contribution in [2.45, 2.75) is 27.7 Å². The fourth-order valence-corrected chi connectivity index (χ4v) is 2.07. The lowest BCUT2D eigenvalue weighted by atomic mass is 10.2. The number of amides is 3. The van der Waals surface area contributed by atoms with E-state index in [-0.39, 0.29) is 11.9 Å². The van der Waals surface area contributed by atoms with Gasteiger partial charge in [0.05, 0.1) is 0 Å². The van der Waals surface area contributed by atoms with E-state index in [9.17, 15) is 9.59 Å². The van der Waals surface area contributed by atoms with Crippen LogP contribution in [0.15, 0.2) is 18.2 Å².